The molecule has 0 aromatic heterocycles. The van der Waals surface area contributed by atoms with Crippen LogP contribution in [0.2, 0.25) is 0 Å². The number of nitro benzene ring substituents is 1. The zero-order valence-corrected chi connectivity index (χ0v) is 11.3. The van der Waals surface area contributed by atoms with E-state index in [1.807, 2.05) is 0 Å². The highest BCUT2D eigenvalue weighted by Crippen LogP contribution is 2.25. The van der Waals surface area contributed by atoms with E-state index in [1.165, 1.54) is 25.3 Å². The normalized spacial score (nSPS) is 17.5. The Balaban J connectivity index is 1.97. The monoisotopic (exact) mass is 263 g/mol. The van der Waals surface area contributed by atoms with Gasteiger partial charge in [0, 0.05) is 12.6 Å². The third-order valence-electron chi connectivity index (χ3n) is 3.98. The predicted octanol–water partition coefficient (Wildman–Crippen LogP) is 2.80. The first-order valence-corrected chi connectivity index (χ1v) is 6.85. The summed E-state index contributed by atoms with van der Waals surface area (Å²) in [5.74, 6) is 0.859. The van der Waals surface area contributed by atoms with E-state index < -0.39 is 4.92 Å². The molecule has 0 saturated carbocycles. The molecule has 0 spiro atoms. The minimum atomic E-state index is -0.439. The summed E-state index contributed by atoms with van der Waals surface area (Å²) in [5, 5.41) is 10.7. The van der Waals surface area contributed by atoms with E-state index >= 15 is 0 Å². The van der Waals surface area contributed by atoms with Gasteiger partial charge in [0.2, 0.25) is 0 Å². The maximum atomic E-state index is 10.7. The molecule has 0 amide bonds. The Bertz CT molecular complexity index is 454. The second kappa shape index (κ2) is 6.02. The van der Waals surface area contributed by atoms with Gasteiger partial charge in [-0.2, -0.15) is 0 Å². The third kappa shape index (κ3) is 3.44. The summed E-state index contributed by atoms with van der Waals surface area (Å²) in [6.07, 6.45) is 3.76. The van der Waals surface area contributed by atoms with Gasteiger partial charge >= 0.3 is 0 Å². The van der Waals surface area contributed by atoms with E-state index in [-0.39, 0.29) is 11.4 Å². The lowest BCUT2D eigenvalue weighted by Gasteiger charge is -2.31. The topological polar surface area (TPSA) is 72.4 Å². The fraction of sp³-hybridized carbons (Fsp3) is 0.571. The first-order chi connectivity index (χ1) is 9.10. The van der Waals surface area contributed by atoms with Crippen LogP contribution in [0.4, 0.5) is 11.4 Å². The molecule has 19 heavy (non-hydrogen) atoms. The molecule has 1 heterocycles. The average Bonchev–Trinajstić information content (AvgIpc) is 2.39. The second-order valence-corrected chi connectivity index (χ2v) is 5.28. The molecule has 1 aliphatic rings. The van der Waals surface area contributed by atoms with Crippen LogP contribution in [-0.4, -0.2) is 22.9 Å². The summed E-state index contributed by atoms with van der Waals surface area (Å²) in [4.78, 5) is 12.7. The first kappa shape index (κ1) is 13.8. The van der Waals surface area contributed by atoms with Crippen molar-refractivity contribution in [3.05, 3.63) is 33.9 Å². The van der Waals surface area contributed by atoms with Gasteiger partial charge in [0.05, 0.1) is 4.92 Å². The molecule has 1 aliphatic heterocycles. The average molecular weight is 263 g/mol. The lowest BCUT2D eigenvalue weighted by molar-refractivity contribution is -0.383. The molecule has 5 heteroatoms. The van der Waals surface area contributed by atoms with Crippen LogP contribution in [0.1, 0.15) is 31.7 Å². The lowest BCUT2D eigenvalue weighted by atomic mass is 9.94. The quantitative estimate of drug-likeness (QED) is 0.515. The van der Waals surface area contributed by atoms with E-state index in [1.54, 1.807) is 12.1 Å². The molecule has 1 aromatic carbocycles. The molecule has 104 valence electrons. The fourth-order valence-electron chi connectivity index (χ4n) is 2.68. The molecule has 1 fully saturated rings. The van der Waals surface area contributed by atoms with Crippen LogP contribution in [0.3, 0.4) is 0 Å². The third-order valence-corrected chi connectivity index (χ3v) is 3.98. The zero-order valence-electron chi connectivity index (χ0n) is 11.3. The van der Waals surface area contributed by atoms with Crippen LogP contribution >= 0.6 is 0 Å². The molecule has 0 atom stereocenters. The van der Waals surface area contributed by atoms with Gasteiger partial charge in [-0.15, -0.1) is 0 Å². The van der Waals surface area contributed by atoms with Crippen molar-refractivity contribution >= 4 is 11.4 Å². The number of benzene rings is 1. The maximum absolute atomic E-state index is 10.7. The Morgan fingerprint density at radius 3 is 2.63 bits per heavy atom. The van der Waals surface area contributed by atoms with Crippen molar-refractivity contribution in [3.63, 3.8) is 0 Å². The minimum absolute atomic E-state index is 0.00607. The maximum Gasteiger partial charge on any atom is 0.292 e. The van der Waals surface area contributed by atoms with E-state index in [4.69, 9.17) is 5.73 Å². The number of anilines is 1. The number of nitrogens with two attached hydrogens (primary N) is 1. The SMILES string of the molecule is CCC1CCN(Cc2ccc([N+](=O)[O-])c(N)c2)CC1. The Hall–Kier alpha value is -1.62. The highest BCUT2D eigenvalue weighted by atomic mass is 16.6. The number of piperidine rings is 1. The van der Waals surface area contributed by atoms with E-state index in [2.05, 4.69) is 11.8 Å². The second-order valence-electron chi connectivity index (χ2n) is 5.28. The number of hydrogen-bond donors (Lipinski definition) is 1. The Morgan fingerprint density at radius 1 is 1.42 bits per heavy atom. The predicted molar refractivity (Wildman–Crippen MR) is 75.8 cm³/mol. The van der Waals surface area contributed by atoms with Crippen LogP contribution in [0.15, 0.2) is 18.2 Å². The van der Waals surface area contributed by atoms with E-state index in [9.17, 15) is 10.1 Å². The molecule has 0 aliphatic carbocycles. The lowest BCUT2D eigenvalue weighted by Crippen LogP contribution is -2.33. The smallest absolute Gasteiger partial charge is 0.292 e. The number of nitrogen functional groups attached to an aromatic ring is 1. The Labute approximate surface area is 113 Å². The number of nitrogens with zero attached hydrogens (tertiary/aromatic N) is 2. The molecule has 0 radical (unpaired) electrons. The summed E-state index contributed by atoms with van der Waals surface area (Å²) >= 11 is 0. The van der Waals surface area contributed by atoms with Gasteiger partial charge in [-0.25, -0.2) is 0 Å². The largest absolute Gasteiger partial charge is 0.393 e. The van der Waals surface area contributed by atoms with Gasteiger partial charge in [0.15, 0.2) is 0 Å². The molecule has 2 N–H and O–H groups in total. The summed E-state index contributed by atoms with van der Waals surface area (Å²) in [6.45, 7) is 5.29. The van der Waals surface area contributed by atoms with Gasteiger partial charge in [0.1, 0.15) is 5.69 Å². The molecule has 1 aromatic rings. The summed E-state index contributed by atoms with van der Waals surface area (Å²) in [5.41, 5.74) is 7.01. The van der Waals surface area contributed by atoms with Crippen LogP contribution in [0.25, 0.3) is 0 Å². The molecule has 1 saturated heterocycles. The summed E-state index contributed by atoms with van der Waals surface area (Å²) < 4.78 is 0. The highest BCUT2D eigenvalue weighted by molar-refractivity contribution is 5.59. The fourth-order valence-corrected chi connectivity index (χ4v) is 2.68. The van der Waals surface area contributed by atoms with Crippen molar-refractivity contribution in [1.82, 2.24) is 4.90 Å². The van der Waals surface area contributed by atoms with Crippen LogP contribution in [0.5, 0.6) is 0 Å². The molecular weight excluding hydrogens is 242 g/mol. The van der Waals surface area contributed by atoms with Crippen LogP contribution in [-0.2, 0) is 6.54 Å². The minimum Gasteiger partial charge on any atom is -0.393 e. The molecule has 0 bridgehead atoms. The molecule has 0 unspecified atom stereocenters. The Morgan fingerprint density at radius 2 is 2.11 bits per heavy atom. The molecule has 5 nitrogen and oxygen atoms in total. The number of likely N-dealkylation sites (tertiary alicyclic amines) is 1. The Kier molecular flexibility index (Phi) is 4.37. The highest BCUT2D eigenvalue weighted by Gasteiger charge is 2.18. The van der Waals surface area contributed by atoms with Gasteiger partial charge in [0.25, 0.3) is 5.69 Å². The van der Waals surface area contributed by atoms with Crippen molar-refractivity contribution in [2.24, 2.45) is 5.92 Å². The molecular formula is C14H21N3O2. The standard InChI is InChI=1S/C14H21N3O2/c1-2-11-5-7-16(8-6-11)10-12-3-4-14(17(18)19)13(15)9-12/h3-4,9,11H,2,5-8,10,15H2,1H3. The van der Waals surface area contributed by atoms with Crippen molar-refractivity contribution in [2.75, 3.05) is 18.8 Å². The van der Waals surface area contributed by atoms with Crippen LogP contribution in [0, 0.1) is 16.0 Å². The van der Waals surface area contributed by atoms with Gasteiger partial charge in [-0.05, 0) is 43.5 Å². The van der Waals surface area contributed by atoms with Crippen molar-refractivity contribution < 1.29 is 4.92 Å². The van der Waals surface area contributed by atoms with Gasteiger partial charge in [-0.1, -0.05) is 19.4 Å². The van der Waals surface area contributed by atoms with Crippen molar-refractivity contribution in [1.29, 1.82) is 0 Å². The number of hydrogen-bond acceptors (Lipinski definition) is 4. The van der Waals surface area contributed by atoms with Crippen LogP contribution < -0.4 is 5.73 Å². The zero-order chi connectivity index (χ0) is 13.8. The molecule has 2 rings (SSSR count). The first-order valence-electron chi connectivity index (χ1n) is 6.85. The number of rotatable bonds is 4. The van der Waals surface area contributed by atoms with Gasteiger partial charge in [-0.3, -0.25) is 15.0 Å². The van der Waals surface area contributed by atoms with Gasteiger partial charge < -0.3 is 5.73 Å². The van der Waals surface area contributed by atoms with E-state index in [0.717, 1.165) is 31.1 Å². The van der Waals surface area contributed by atoms with Crippen molar-refractivity contribution in [2.45, 2.75) is 32.7 Å². The van der Waals surface area contributed by atoms with E-state index in [0.29, 0.717) is 0 Å². The summed E-state index contributed by atoms with van der Waals surface area (Å²) in [6, 6.07) is 5.04. The summed E-state index contributed by atoms with van der Waals surface area (Å²) in [7, 11) is 0. The van der Waals surface area contributed by atoms with Crippen molar-refractivity contribution in [3.8, 4) is 0 Å². The number of nitro groups is 1.